The quantitative estimate of drug-likeness (QED) is 0.381. The molecule has 0 aliphatic carbocycles. The summed E-state index contributed by atoms with van der Waals surface area (Å²) in [5, 5.41) is 11.8. The fraction of sp³-hybridized carbons (Fsp3) is 0.393. The monoisotopic (exact) mass is 586 g/mol. The number of ether oxygens (including phenoxy) is 2. The van der Waals surface area contributed by atoms with Crippen molar-refractivity contribution in [2.45, 2.75) is 57.4 Å². The fourth-order valence-electron chi connectivity index (χ4n) is 4.95. The standard InChI is InChI=1S/C28H25F3N4O5S/c1-26(2,3)40-25(38)34-23-21(16-5-7-20(28(29,30)31)33-22(16)41-23)24(37)35-10-8-27(9-11-35)13-18(36)17-12-15(14-32)4-6-19(17)39-27/h4-7,12H,8-11,13H2,1-3H3,(H,34,38). The molecule has 1 aromatic carbocycles. The van der Waals surface area contributed by atoms with Crippen LogP contribution >= 0.6 is 11.3 Å². The van der Waals surface area contributed by atoms with Gasteiger partial charge in [0.15, 0.2) is 5.78 Å². The van der Waals surface area contributed by atoms with Gasteiger partial charge >= 0.3 is 12.3 Å². The average Bonchev–Trinajstić information content (AvgIpc) is 3.23. The van der Waals surface area contributed by atoms with Crippen molar-refractivity contribution in [1.29, 1.82) is 5.26 Å². The summed E-state index contributed by atoms with van der Waals surface area (Å²) in [5.41, 5.74) is -2.07. The molecule has 1 spiro atoms. The molecule has 9 nitrogen and oxygen atoms in total. The van der Waals surface area contributed by atoms with E-state index in [2.05, 4.69) is 10.3 Å². The number of anilines is 1. The first-order valence-electron chi connectivity index (χ1n) is 12.7. The number of alkyl halides is 3. The highest BCUT2D eigenvalue weighted by Crippen LogP contribution is 2.42. The van der Waals surface area contributed by atoms with Crippen LogP contribution in [0.2, 0.25) is 0 Å². The van der Waals surface area contributed by atoms with Crippen molar-refractivity contribution in [3.05, 3.63) is 52.7 Å². The van der Waals surface area contributed by atoms with Crippen LogP contribution < -0.4 is 10.1 Å². The molecule has 4 heterocycles. The van der Waals surface area contributed by atoms with Crippen LogP contribution in [0.1, 0.15) is 72.0 Å². The van der Waals surface area contributed by atoms with Gasteiger partial charge in [-0.05, 0) is 51.1 Å². The number of nitriles is 1. The molecule has 0 saturated carbocycles. The van der Waals surface area contributed by atoms with Gasteiger partial charge in [0.2, 0.25) is 0 Å². The van der Waals surface area contributed by atoms with Crippen LogP contribution in [-0.2, 0) is 10.9 Å². The van der Waals surface area contributed by atoms with Crippen molar-refractivity contribution >= 4 is 44.3 Å². The molecule has 5 rings (SSSR count). The molecule has 41 heavy (non-hydrogen) atoms. The van der Waals surface area contributed by atoms with Crippen LogP contribution in [0.25, 0.3) is 10.2 Å². The number of piperidine rings is 1. The summed E-state index contributed by atoms with van der Waals surface area (Å²) in [5.74, 6) is -0.262. The summed E-state index contributed by atoms with van der Waals surface area (Å²) < 4.78 is 51.5. The molecule has 0 unspecified atom stereocenters. The third-order valence-corrected chi connectivity index (χ3v) is 7.87. The normalized spacial score (nSPS) is 16.6. The van der Waals surface area contributed by atoms with Gasteiger partial charge in [-0.2, -0.15) is 18.4 Å². The predicted molar refractivity (Wildman–Crippen MR) is 143 cm³/mol. The third kappa shape index (κ3) is 5.69. The second-order valence-electron chi connectivity index (χ2n) is 11.0. The lowest BCUT2D eigenvalue weighted by molar-refractivity contribution is -0.140. The van der Waals surface area contributed by atoms with Gasteiger partial charge in [0.1, 0.15) is 32.5 Å². The number of Topliss-reactive ketones (excluding diaryl/α,β-unsaturated/α-hetero) is 1. The van der Waals surface area contributed by atoms with E-state index in [0.717, 1.165) is 17.4 Å². The van der Waals surface area contributed by atoms with Gasteiger partial charge in [0.05, 0.1) is 29.2 Å². The number of pyridine rings is 1. The fourth-order valence-corrected chi connectivity index (χ4v) is 6.00. The molecule has 1 fully saturated rings. The number of nitrogens with zero attached hydrogens (tertiary/aromatic N) is 3. The number of hydrogen-bond donors (Lipinski definition) is 1. The Morgan fingerprint density at radius 3 is 2.51 bits per heavy atom. The van der Waals surface area contributed by atoms with Crippen molar-refractivity contribution < 1.29 is 37.0 Å². The maximum atomic E-state index is 13.8. The van der Waals surface area contributed by atoms with E-state index in [0.29, 0.717) is 29.7 Å². The third-order valence-electron chi connectivity index (χ3n) is 6.85. The Morgan fingerprint density at radius 1 is 1.17 bits per heavy atom. The van der Waals surface area contributed by atoms with Crippen LogP contribution in [0.5, 0.6) is 5.75 Å². The lowest BCUT2D eigenvalue weighted by atomic mass is 9.82. The number of carbonyl (C=O) groups is 3. The van der Waals surface area contributed by atoms with E-state index in [9.17, 15) is 27.6 Å². The lowest BCUT2D eigenvalue weighted by Crippen LogP contribution is -2.52. The highest BCUT2D eigenvalue weighted by atomic mass is 32.1. The van der Waals surface area contributed by atoms with E-state index < -0.39 is 35.1 Å². The van der Waals surface area contributed by atoms with Crippen molar-refractivity contribution in [2.24, 2.45) is 0 Å². The van der Waals surface area contributed by atoms with Gasteiger partial charge in [0.25, 0.3) is 5.91 Å². The van der Waals surface area contributed by atoms with E-state index in [1.54, 1.807) is 32.9 Å². The summed E-state index contributed by atoms with van der Waals surface area (Å²) in [6.07, 6.45) is -4.80. The number of hydrogen-bond acceptors (Lipinski definition) is 8. The van der Waals surface area contributed by atoms with Crippen LogP contribution in [0.15, 0.2) is 30.3 Å². The average molecular weight is 587 g/mol. The number of amides is 2. The molecular weight excluding hydrogens is 561 g/mol. The Labute approximate surface area is 236 Å². The molecule has 1 saturated heterocycles. The van der Waals surface area contributed by atoms with Crippen LogP contribution in [-0.4, -0.2) is 52.0 Å². The molecule has 0 bridgehead atoms. The number of likely N-dealkylation sites (tertiary alicyclic amines) is 1. The van der Waals surface area contributed by atoms with Crippen molar-refractivity contribution in [1.82, 2.24) is 9.88 Å². The molecule has 0 atom stereocenters. The first-order valence-corrected chi connectivity index (χ1v) is 13.6. The molecule has 0 radical (unpaired) electrons. The molecule has 2 aliphatic heterocycles. The molecule has 2 aliphatic rings. The SMILES string of the molecule is CC(C)(C)OC(=O)Nc1sc2nc(C(F)(F)F)ccc2c1C(=O)N1CCC2(CC1)CC(=O)c1cc(C#N)ccc1O2. The van der Waals surface area contributed by atoms with Gasteiger partial charge in [-0.15, -0.1) is 0 Å². The largest absolute Gasteiger partial charge is 0.486 e. The van der Waals surface area contributed by atoms with E-state index in [1.807, 2.05) is 6.07 Å². The van der Waals surface area contributed by atoms with Gasteiger partial charge in [-0.1, -0.05) is 11.3 Å². The molecular formula is C28H25F3N4O5S. The zero-order valence-electron chi connectivity index (χ0n) is 22.3. The summed E-state index contributed by atoms with van der Waals surface area (Å²) in [6, 6.07) is 8.65. The smallest absolute Gasteiger partial charge is 0.433 e. The summed E-state index contributed by atoms with van der Waals surface area (Å²) in [6.45, 7) is 5.37. The molecule has 1 N–H and O–H groups in total. The predicted octanol–water partition coefficient (Wildman–Crippen LogP) is 6.17. The van der Waals surface area contributed by atoms with E-state index in [4.69, 9.17) is 14.7 Å². The van der Waals surface area contributed by atoms with E-state index in [-0.39, 0.29) is 46.1 Å². The zero-order chi connectivity index (χ0) is 29.7. The number of fused-ring (bicyclic) bond motifs is 2. The molecule has 214 valence electrons. The minimum atomic E-state index is -4.69. The van der Waals surface area contributed by atoms with E-state index in [1.165, 1.54) is 17.0 Å². The molecule has 2 aromatic heterocycles. The first kappa shape index (κ1) is 28.4. The summed E-state index contributed by atoms with van der Waals surface area (Å²) in [4.78, 5) is 44.4. The number of nitrogens with one attached hydrogen (secondary N) is 1. The minimum absolute atomic E-state index is 0.0167. The Kier molecular flexibility index (Phi) is 6.93. The molecule has 3 aromatic rings. The number of benzene rings is 1. The number of ketones is 1. The number of aromatic nitrogens is 1. The highest BCUT2D eigenvalue weighted by molar-refractivity contribution is 7.23. The van der Waals surface area contributed by atoms with Gasteiger partial charge < -0.3 is 14.4 Å². The van der Waals surface area contributed by atoms with Crippen LogP contribution in [0, 0.1) is 11.3 Å². The van der Waals surface area contributed by atoms with Crippen molar-refractivity contribution in [3.63, 3.8) is 0 Å². The number of rotatable bonds is 2. The Hall–Kier alpha value is -4.18. The second-order valence-corrected chi connectivity index (χ2v) is 12.0. The number of halogens is 3. The number of thiophene rings is 1. The maximum absolute atomic E-state index is 13.8. The summed E-state index contributed by atoms with van der Waals surface area (Å²) >= 11 is 0.755. The van der Waals surface area contributed by atoms with Gasteiger partial charge in [-0.25, -0.2) is 9.78 Å². The number of carbonyl (C=O) groups excluding carboxylic acids is 3. The van der Waals surface area contributed by atoms with Crippen molar-refractivity contribution in [3.8, 4) is 11.8 Å². The zero-order valence-corrected chi connectivity index (χ0v) is 23.2. The molecule has 2 amide bonds. The second kappa shape index (κ2) is 10.0. The van der Waals surface area contributed by atoms with Gasteiger partial charge in [-0.3, -0.25) is 14.9 Å². The summed E-state index contributed by atoms with van der Waals surface area (Å²) in [7, 11) is 0. The van der Waals surface area contributed by atoms with Crippen molar-refractivity contribution in [2.75, 3.05) is 18.4 Å². The minimum Gasteiger partial charge on any atom is -0.486 e. The Bertz CT molecular complexity index is 1610. The first-order chi connectivity index (χ1) is 19.2. The Morgan fingerprint density at radius 2 is 1.88 bits per heavy atom. The van der Waals surface area contributed by atoms with Crippen LogP contribution in [0.4, 0.5) is 23.0 Å². The topological polar surface area (TPSA) is 122 Å². The highest BCUT2D eigenvalue weighted by Gasteiger charge is 2.44. The molecule has 13 heteroatoms. The van der Waals surface area contributed by atoms with E-state index >= 15 is 0 Å². The maximum Gasteiger partial charge on any atom is 0.433 e. The van der Waals surface area contributed by atoms with Gasteiger partial charge in [0, 0.05) is 31.3 Å². The lowest BCUT2D eigenvalue weighted by Gasteiger charge is -2.44. The Balaban J connectivity index is 1.41. The van der Waals surface area contributed by atoms with Crippen LogP contribution in [0.3, 0.4) is 0 Å².